The highest BCUT2D eigenvalue weighted by molar-refractivity contribution is 7.09. The fraction of sp³-hybridized carbons (Fsp3) is 0.438. The average molecular weight is 287 g/mol. The molecule has 106 valence electrons. The molecule has 1 unspecified atom stereocenters. The Labute approximate surface area is 124 Å². The lowest BCUT2D eigenvalue weighted by Crippen LogP contribution is -2.37. The highest BCUT2D eigenvalue weighted by atomic mass is 32.1. The first-order valence-electron chi connectivity index (χ1n) is 7.23. The van der Waals surface area contributed by atoms with E-state index in [2.05, 4.69) is 58.7 Å². The van der Waals surface area contributed by atoms with Crippen molar-refractivity contribution in [1.29, 1.82) is 0 Å². The lowest BCUT2D eigenvalue weighted by molar-refractivity contribution is 0.502. The van der Waals surface area contributed by atoms with Crippen molar-refractivity contribution in [2.24, 2.45) is 0 Å². The molecule has 3 rings (SSSR count). The van der Waals surface area contributed by atoms with Gasteiger partial charge in [-0.05, 0) is 25.0 Å². The second kappa shape index (κ2) is 5.94. The van der Waals surface area contributed by atoms with Crippen LogP contribution in [-0.4, -0.2) is 17.6 Å². The Kier molecular flexibility index (Phi) is 4.03. The van der Waals surface area contributed by atoms with E-state index in [1.54, 1.807) is 11.3 Å². The van der Waals surface area contributed by atoms with E-state index in [0.717, 1.165) is 31.7 Å². The molecule has 0 amide bonds. The summed E-state index contributed by atoms with van der Waals surface area (Å²) in [5.41, 5.74) is 3.86. The molecule has 0 radical (unpaired) electrons. The third-order valence-corrected chi connectivity index (χ3v) is 4.79. The van der Waals surface area contributed by atoms with Gasteiger partial charge in [-0.3, -0.25) is 0 Å². The number of para-hydroxylation sites is 1. The van der Waals surface area contributed by atoms with Crippen LogP contribution in [0.1, 0.15) is 29.6 Å². The molecule has 0 saturated heterocycles. The minimum Gasteiger partial charge on any atom is -0.363 e. The molecular formula is C16H21N3S. The number of hydrogen-bond donors (Lipinski definition) is 1. The number of aryl methyl sites for hydroxylation is 1. The van der Waals surface area contributed by atoms with Gasteiger partial charge in [-0.2, -0.15) is 0 Å². The second-order valence-corrected chi connectivity index (χ2v) is 6.32. The van der Waals surface area contributed by atoms with Crippen LogP contribution in [-0.2, 0) is 13.1 Å². The quantitative estimate of drug-likeness (QED) is 0.938. The number of benzene rings is 1. The summed E-state index contributed by atoms with van der Waals surface area (Å²) >= 11 is 1.76. The van der Waals surface area contributed by atoms with Gasteiger partial charge in [0.2, 0.25) is 0 Å². The first-order valence-corrected chi connectivity index (χ1v) is 8.11. The Balaban J connectivity index is 1.89. The van der Waals surface area contributed by atoms with E-state index in [4.69, 9.17) is 0 Å². The van der Waals surface area contributed by atoms with Crippen LogP contribution in [0.5, 0.6) is 0 Å². The van der Waals surface area contributed by atoms with Gasteiger partial charge in [0, 0.05) is 35.9 Å². The maximum absolute atomic E-state index is 4.62. The van der Waals surface area contributed by atoms with Crippen molar-refractivity contribution in [2.45, 2.75) is 39.4 Å². The van der Waals surface area contributed by atoms with Crippen LogP contribution in [0.2, 0.25) is 0 Å². The molecule has 1 atom stereocenters. The van der Waals surface area contributed by atoms with Crippen molar-refractivity contribution in [3.63, 3.8) is 0 Å². The number of fused-ring (bicyclic) bond motifs is 1. The molecule has 0 fully saturated rings. The largest absolute Gasteiger partial charge is 0.363 e. The molecule has 20 heavy (non-hydrogen) atoms. The zero-order valence-electron chi connectivity index (χ0n) is 12.1. The highest BCUT2D eigenvalue weighted by Crippen LogP contribution is 2.26. The monoisotopic (exact) mass is 287 g/mol. The lowest BCUT2D eigenvalue weighted by atomic mass is 10.1. The van der Waals surface area contributed by atoms with Gasteiger partial charge in [0.05, 0.1) is 6.54 Å². The number of hydrogen-bond acceptors (Lipinski definition) is 4. The van der Waals surface area contributed by atoms with Gasteiger partial charge in [-0.25, -0.2) is 4.98 Å². The first kappa shape index (κ1) is 13.6. The molecule has 0 aliphatic carbocycles. The standard InChI is InChI=1S/C16H21N3S/c1-3-14-9-19(10-16-18-12(2)11-20-16)15-7-5-4-6-13(15)8-17-14/h4-7,11,14,17H,3,8-10H2,1-2H3. The van der Waals surface area contributed by atoms with Crippen molar-refractivity contribution in [3.8, 4) is 0 Å². The van der Waals surface area contributed by atoms with E-state index in [-0.39, 0.29) is 0 Å². The summed E-state index contributed by atoms with van der Waals surface area (Å²) in [7, 11) is 0. The van der Waals surface area contributed by atoms with Crippen molar-refractivity contribution < 1.29 is 0 Å². The van der Waals surface area contributed by atoms with E-state index < -0.39 is 0 Å². The van der Waals surface area contributed by atoms with Crippen LogP contribution in [0.4, 0.5) is 5.69 Å². The Morgan fingerprint density at radius 3 is 3.00 bits per heavy atom. The highest BCUT2D eigenvalue weighted by Gasteiger charge is 2.20. The molecule has 1 N–H and O–H groups in total. The second-order valence-electron chi connectivity index (χ2n) is 5.38. The van der Waals surface area contributed by atoms with E-state index >= 15 is 0 Å². The molecule has 2 heterocycles. The smallest absolute Gasteiger partial charge is 0.112 e. The maximum Gasteiger partial charge on any atom is 0.112 e. The SMILES string of the molecule is CCC1CN(Cc2nc(C)cs2)c2ccccc2CN1. The van der Waals surface area contributed by atoms with Crippen molar-refractivity contribution in [2.75, 3.05) is 11.4 Å². The van der Waals surface area contributed by atoms with Crippen LogP contribution < -0.4 is 10.2 Å². The average Bonchev–Trinajstić information content (AvgIpc) is 2.79. The predicted octanol–water partition coefficient (Wildman–Crippen LogP) is 3.34. The normalized spacial score (nSPS) is 18.7. The molecular weight excluding hydrogens is 266 g/mol. The molecule has 1 aliphatic rings. The Morgan fingerprint density at radius 1 is 1.40 bits per heavy atom. The third kappa shape index (κ3) is 2.86. The van der Waals surface area contributed by atoms with Gasteiger partial charge < -0.3 is 10.2 Å². The summed E-state index contributed by atoms with van der Waals surface area (Å²) < 4.78 is 0. The number of aromatic nitrogens is 1. The van der Waals surface area contributed by atoms with Crippen molar-refractivity contribution >= 4 is 17.0 Å². The fourth-order valence-electron chi connectivity index (χ4n) is 2.71. The van der Waals surface area contributed by atoms with Gasteiger partial charge in [-0.15, -0.1) is 11.3 Å². The minimum absolute atomic E-state index is 0.545. The van der Waals surface area contributed by atoms with Crippen molar-refractivity contribution in [3.05, 3.63) is 45.9 Å². The van der Waals surface area contributed by atoms with Gasteiger partial charge in [0.15, 0.2) is 0 Å². The van der Waals surface area contributed by atoms with Crippen LogP contribution in [0.25, 0.3) is 0 Å². The van der Waals surface area contributed by atoms with E-state index in [9.17, 15) is 0 Å². The number of rotatable bonds is 3. The molecule has 1 aromatic heterocycles. The molecule has 3 nitrogen and oxygen atoms in total. The molecule has 1 aliphatic heterocycles. The summed E-state index contributed by atoms with van der Waals surface area (Å²) in [6.45, 7) is 7.23. The summed E-state index contributed by atoms with van der Waals surface area (Å²) in [6.07, 6.45) is 1.15. The maximum atomic E-state index is 4.62. The number of anilines is 1. The van der Waals surface area contributed by atoms with Gasteiger partial charge in [0.25, 0.3) is 0 Å². The zero-order valence-corrected chi connectivity index (χ0v) is 12.9. The third-order valence-electron chi connectivity index (χ3n) is 3.84. The molecule has 2 aromatic rings. The summed E-state index contributed by atoms with van der Waals surface area (Å²) in [5, 5.41) is 6.99. The van der Waals surface area contributed by atoms with E-state index in [1.807, 2.05) is 0 Å². The molecule has 0 saturated carbocycles. The summed E-state index contributed by atoms with van der Waals surface area (Å²) in [6, 6.07) is 9.25. The fourth-order valence-corrected chi connectivity index (χ4v) is 3.50. The van der Waals surface area contributed by atoms with Crippen LogP contribution in [0.3, 0.4) is 0 Å². The topological polar surface area (TPSA) is 28.2 Å². The van der Waals surface area contributed by atoms with Crippen molar-refractivity contribution in [1.82, 2.24) is 10.3 Å². The molecule has 0 bridgehead atoms. The lowest BCUT2D eigenvalue weighted by Gasteiger charge is -2.26. The molecule has 1 aromatic carbocycles. The number of thiazole rings is 1. The molecule has 4 heteroatoms. The van der Waals surface area contributed by atoms with E-state index in [1.165, 1.54) is 16.3 Å². The van der Waals surface area contributed by atoms with Gasteiger partial charge in [0.1, 0.15) is 5.01 Å². The Morgan fingerprint density at radius 2 is 2.25 bits per heavy atom. The Hall–Kier alpha value is -1.39. The number of nitrogens with zero attached hydrogens (tertiary/aromatic N) is 2. The van der Waals surface area contributed by atoms with Crippen LogP contribution >= 0.6 is 11.3 Å². The summed E-state index contributed by atoms with van der Waals surface area (Å²) in [5.74, 6) is 0. The Bertz CT molecular complexity index is 579. The zero-order chi connectivity index (χ0) is 13.9. The predicted molar refractivity (Wildman–Crippen MR) is 85.3 cm³/mol. The van der Waals surface area contributed by atoms with Crippen LogP contribution in [0.15, 0.2) is 29.6 Å². The first-order chi connectivity index (χ1) is 9.76. The van der Waals surface area contributed by atoms with Gasteiger partial charge >= 0.3 is 0 Å². The minimum atomic E-state index is 0.545. The number of nitrogens with one attached hydrogen (secondary N) is 1. The summed E-state index contributed by atoms with van der Waals surface area (Å²) in [4.78, 5) is 7.09. The van der Waals surface area contributed by atoms with Crippen LogP contribution in [0, 0.1) is 6.92 Å². The van der Waals surface area contributed by atoms with E-state index in [0.29, 0.717) is 6.04 Å². The molecule has 0 spiro atoms. The van der Waals surface area contributed by atoms with Gasteiger partial charge in [-0.1, -0.05) is 25.1 Å².